The highest BCUT2D eigenvalue weighted by atomic mass is 32.2. The topological polar surface area (TPSA) is 56.7 Å². The van der Waals surface area contributed by atoms with E-state index in [2.05, 4.69) is 40.4 Å². The summed E-state index contributed by atoms with van der Waals surface area (Å²) >= 11 is 1.78. The quantitative estimate of drug-likeness (QED) is 0.783. The first kappa shape index (κ1) is 20.4. The molecule has 154 valence electrons. The largest absolute Gasteiger partial charge is 0.391 e. The van der Waals surface area contributed by atoms with Crippen LogP contribution in [-0.4, -0.2) is 64.3 Å². The van der Waals surface area contributed by atoms with Gasteiger partial charge in [0.15, 0.2) is 0 Å². The van der Waals surface area contributed by atoms with Crippen molar-refractivity contribution in [3.63, 3.8) is 0 Å². The number of thioether (sulfide) groups is 1. The summed E-state index contributed by atoms with van der Waals surface area (Å²) in [6.45, 7) is 4.12. The number of carbonyl (C=O) groups excluding carboxylic acids is 1. The Hall–Kier alpha value is -1.89. The second kappa shape index (κ2) is 8.86. The number of β-amino-alcohol motifs (C(OH)–C–C–N with tert-alkyl or cyclic N) is 1. The van der Waals surface area contributed by atoms with Gasteiger partial charge in [-0.2, -0.15) is 0 Å². The molecule has 29 heavy (non-hydrogen) atoms. The normalized spacial score (nSPS) is 22.0. The first-order chi connectivity index (χ1) is 14.1. The molecule has 0 saturated carbocycles. The predicted molar refractivity (Wildman–Crippen MR) is 116 cm³/mol. The zero-order valence-corrected chi connectivity index (χ0v) is 17.8. The molecule has 3 heterocycles. The smallest absolute Gasteiger partial charge is 0.255 e. The van der Waals surface area contributed by atoms with Crippen LogP contribution in [0.3, 0.4) is 0 Å². The van der Waals surface area contributed by atoms with Gasteiger partial charge in [0, 0.05) is 36.9 Å². The van der Waals surface area contributed by atoms with Crippen molar-refractivity contribution in [2.24, 2.45) is 5.41 Å². The van der Waals surface area contributed by atoms with Gasteiger partial charge in [0.25, 0.3) is 5.91 Å². The molecule has 4 rings (SSSR count). The highest BCUT2D eigenvalue weighted by molar-refractivity contribution is 7.98. The van der Waals surface area contributed by atoms with E-state index in [9.17, 15) is 9.90 Å². The Bertz CT molecular complexity index is 837. The molecule has 1 atom stereocenters. The van der Waals surface area contributed by atoms with Crippen molar-refractivity contribution in [3.8, 4) is 0 Å². The van der Waals surface area contributed by atoms with Crippen molar-refractivity contribution in [2.45, 2.75) is 36.8 Å². The summed E-state index contributed by atoms with van der Waals surface area (Å²) in [4.78, 5) is 22.6. The van der Waals surface area contributed by atoms with E-state index < -0.39 is 6.10 Å². The van der Waals surface area contributed by atoms with Crippen molar-refractivity contribution < 1.29 is 9.90 Å². The number of benzene rings is 1. The first-order valence-corrected chi connectivity index (χ1v) is 11.5. The minimum absolute atomic E-state index is 0.0208. The zero-order valence-electron chi connectivity index (χ0n) is 17.0. The third-order valence-corrected chi connectivity index (χ3v) is 7.00. The molecule has 2 fully saturated rings. The number of likely N-dealkylation sites (tertiary alicyclic amines) is 2. The van der Waals surface area contributed by atoms with E-state index in [1.54, 1.807) is 36.3 Å². The average Bonchev–Trinajstić information content (AvgIpc) is 2.75. The van der Waals surface area contributed by atoms with E-state index in [0.717, 1.165) is 45.4 Å². The molecule has 5 nitrogen and oxygen atoms in total. The summed E-state index contributed by atoms with van der Waals surface area (Å²) in [5.74, 6) is -0.0208. The number of aliphatic hydroxyl groups excluding tert-OH is 1. The minimum atomic E-state index is -0.450. The molecular weight excluding hydrogens is 382 g/mol. The SMILES string of the molecule is CSc1cccc(CN2CCC3(CC2)CC(O)CN(C(=O)c2cccnc2)C3)c1. The Balaban J connectivity index is 1.39. The van der Waals surface area contributed by atoms with Gasteiger partial charge in [0.1, 0.15) is 0 Å². The highest BCUT2D eigenvalue weighted by Crippen LogP contribution is 2.40. The fraction of sp³-hybridized carbons (Fsp3) is 0.478. The Morgan fingerprint density at radius 3 is 2.83 bits per heavy atom. The van der Waals surface area contributed by atoms with Gasteiger partial charge < -0.3 is 10.0 Å². The van der Waals surface area contributed by atoms with Crippen molar-refractivity contribution in [2.75, 3.05) is 32.4 Å². The van der Waals surface area contributed by atoms with Crippen LogP contribution >= 0.6 is 11.8 Å². The number of hydrogen-bond donors (Lipinski definition) is 1. The summed E-state index contributed by atoms with van der Waals surface area (Å²) in [7, 11) is 0. The molecule has 0 radical (unpaired) electrons. The summed E-state index contributed by atoms with van der Waals surface area (Å²) in [6.07, 6.45) is 7.77. The van der Waals surface area contributed by atoms with Crippen LogP contribution in [0.1, 0.15) is 35.2 Å². The van der Waals surface area contributed by atoms with Crippen LogP contribution in [0.15, 0.2) is 53.7 Å². The molecule has 2 aliphatic rings. The van der Waals surface area contributed by atoms with Crippen LogP contribution in [0.25, 0.3) is 0 Å². The fourth-order valence-electron chi connectivity index (χ4n) is 4.76. The first-order valence-electron chi connectivity index (χ1n) is 10.3. The van der Waals surface area contributed by atoms with E-state index in [1.807, 2.05) is 4.90 Å². The molecule has 0 bridgehead atoms. The molecule has 1 N–H and O–H groups in total. The van der Waals surface area contributed by atoms with Crippen LogP contribution in [0.2, 0.25) is 0 Å². The summed E-state index contributed by atoms with van der Waals surface area (Å²) in [5.41, 5.74) is 1.97. The monoisotopic (exact) mass is 411 g/mol. The molecule has 1 spiro atoms. The van der Waals surface area contributed by atoms with Gasteiger partial charge in [-0.3, -0.25) is 14.7 Å². The molecular formula is C23H29N3O2S. The molecule has 2 saturated heterocycles. The minimum Gasteiger partial charge on any atom is -0.391 e. The number of hydrogen-bond acceptors (Lipinski definition) is 5. The third-order valence-electron chi connectivity index (χ3n) is 6.28. The van der Waals surface area contributed by atoms with Gasteiger partial charge in [0.05, 0.1) is 11.7 Å². The van der Waals surface area contributed by atoms with Crippen molar-refractivity contribution in [1.82, 2.24) is 14.8 Å². The molecule has 2 aromatic rings. The highest BCUT2D eigenvalue weighted by Gasteiger charge is 2.42. The lowest BCUT2D eigenvalue weighted by Crippen LogP contribution is -2.55. The van der Waals surface area contributed by atoms with Gasteiger partial charge in [-0.1, -0.05) is 12.1 Å². The Morgan fingerprint density at radius 1 is 1.28 bits per heavy atom. The molecule has 1 unspecified atom stereocenters. The van der Waals surface area contributed by atoms with Gasteiger partial charge >= 0.3 is 0 Å². The second-order valence-electron chi connectivity index (χ2n) is 8.41. The van der Waals surface area contributed by atoms with Crippen molar-refractivity contribution >= 4 is 17.7 Å². The van der Waals surface area contributed by atoms with Gasteiger partial charge in [0.2, 0.25) is 0 Å². The Kier molecular flexibility index (Phi) is 6.23. The fourth-order valence-corrected chi connectivity index (χ4v) is 5.24. The summed E-state index contributed by atoms with van der Waals surface area (Å²) in [5, 5.41) is 10.5. The van der Waals surface area contributed by atoms with Crippen molar-refractivity contribution in [3.05, 3.63) is 59.9 Å². The molecule has 1 aromatic carbocycles. The summed E-state index contributed by atoms with van der Waals surface area (Å²) in [6, 6.07) is 12.3. The number of piperidine rings is 2. The van der Waals surface area contributed by atoms with Crippen LogP contribution in [0.4, 0.5) is 0 Å². The lowest BCUT2D eigenvalue weighted by atomic mass is 9.71. The Labute approximate surface area is 177 Å². The van der Waals surface area contributed by atoms with E-state index in [0.29, 0.717) is 12.1 Å². The number of carbonyl (C=O) groups is 1. The molecule has 6 heteroatoms. The number of amides is 1. The van der Waals surface area contributed by atoms with E-state index >= 15 is 0 Å². The number of pyridine rings is 1. The number of aromatic nitrogens is 1. The van der Waals surface area contributed by atoms with Gasteiger partial charge in [-0.15, -0.1) is 11.8 Å². The van der Waals surface area contributed by atoms with E-state index in [-0.39, 0.29) is 11.3 Å². The number of rotatable bonds is 4. The predicted octanol–water partition coefficient (Wildman–Crippen LogP) is 3.29. The lowest BCUT2D eigenvalue weighted by Gasteiger charge is -2.49. The standard InChI is InChI=1S/C23H29N3O2S/c1-29-21-6-2-4-18(12-21)15-25-10-7-23(8-11-25)13-20(27)16-26(17-23)22(28)19-5-3-9-24-14-19/h2-6,9,12,14,20,27H,7-8,10-11,13,15-17H2,1H3. The molecule has 2 aliphatic heterocycles. The zero-order chi connectivity index (χ0) is 20.3. The van der Waals surface area contributed by atoms with E-state index in [4.69, 9.17) is 0 Å². The van der Waals surface area contributed by atoms with Gasteiger partial charge in [-0.25, -0.2) is 0 Å². The molecule has 0 aliphatic carbocycles. The van der Waals surface area contributed by atoms with Crippen molar-refractivity contribution in [1.29, 1.82) is 0 Å². The van der Waals surface area contributed by atoms with Crippen LogP contribution in [0.5, 0.6) is 0 Å². The number of nitrogens with zero attached hydrogens (tertiary/aromatic N) is 3. The van der Waals surface area contributed by atoms with Crippen LogP contribution < -0.4 is 0 Å². The van der Waals surface area contributed by atoms with E-state index in [1.165, 1.54) is 10.5 Å². The maximum Gasteiger partial charge on any atom is 0.255 e. The molecule has 1 amide bonds. The molecule has 1 aromatic heterocycles. The van der Waals surface area contributed by atoms with Gasteiger partial charge in [-0.05, 0) is 73.9 Å². The average molecular weight is 412 g/mol. The lowest BCUT2D eigenvalue weighted by molar-refractivity contribution is -0.0337. The van der Waals surface area contributed by atoms with Crippen LogP contribution in [-0.2, 0) is 6.54 Å². The number of aliphatic hydroxyl groups is 1. The Morgan fingerprint density at radius 2 is 2.10 bits per heavy atom. The maximum absolute atomic E-state index is 12.9. The summed E-state index contributed by atoms with van der Waals surface area (Å²) < 4.78 is 0. The third kappa shape index (κ3) is 4.82. The van der Waals surface area contributed by atoms with Crippen LogP contribution in [0, 0.1) is 5.41 Å². The maximum atomic E-state index is 12.9. The second-order valence-corrected chi connectivity index (χ2v) is 9.29.